The molecular weight excluding hydrogens is 312 g/mol. The van der Waals surface area contributed by atoms with Gasteiger partial charge in [0.05, 0.1) is 23.9 Å². The van der Waals surface area contributed by atoms with Gasteiger partial charge in [-0.3, -0.25) is 14.8 Å². The lowest BCUT2D eigenvalue weighted by Gasteiger charge is -2.38. The molecule has 1 saturated heterocycles. The molecule has 2 aromatic heterocycles. The Hall–Kier alpha value is -1.86. The van der Waals surface area contributed by atoms with Crippen molar-refractivity contribution in [3.8, 4) is 10.7 Å². The number of carbonyl (C=O) groups excluding carboxylic acids is 1. The molecular formula is C16H20N4O2S. The summed E-state index contributed by atoms with van der Waals surface area (Å²) in [4.78, 5) is 27.1. The summed E-state index contributed by atoms with van der Waals surface area (Å²) in [5.74, 6) is 0.124. The first kappa shape index (κ1) is 16.0. The monoisotopic (exact) mass is 332 g/mol. The van der Waals surface area contributed by atoms with Crippen LogP contribution < -0.4 is 0 Å². The number of thiazole rings is 1. The molecule has 2 aromatic rings. The molecule has 1 aliphatic rings. The molecule has 6 nitrogen and oxygen atoms in total. The van der Waals surface area contributed by atoms with Crippen molar-refractivity contribution in [2.45, 2.75) is 31.8 Å². The van der Waals surface area contributed by atoms with Crippen LogP contribution in [0.2, 0.25) is 0 Å². The summed E-state index contributed by atoms with van der Waals surface area (Å²) in [6, 6.07) is 0. The predicted molar refractivity (Wildman–Crippen MR) is 88.1 cm³/mol. The molecule has 3 heterocycles. The van der Waals surface area contributed by atoms with E-state index in [0.717, 1.165) is 42.3 Å². The van der Waals surface area contributed by atoms with Crippen LogP contribution in [-0.4, -0.2) is 51.6 Å². The van der Waals surface area contributed by atoms with Gasteiger partial charge in [0.25, 0.3) is 0 Å². The number of nitrogens with zero attached hydrogens (tertiary/aromatic N) is 4. The Bertz CT molecular complexity index is 666. The van der Waals surface area contributed by atoms with Crippen molar-refractivity contribution < 1.29 is 9.53 Å². The van der Waals surface area contributed by atoms with Gasteiger partial charge in [-0.1, -0.05) is 0 Å². The van der Waals surface area contributed by atoms with Crippen molar-refractivity contribution in [3.05, 3.63) is 29.7 Å². The van der Waals surface area contributed by atoms with E-state index in [0.29, 0.717) is 6.42 Å². The van der Waals surface area contributed by atoms with Crippen LogP contribution in [0, 0.1) is 0 Å². The molecule has 0 spiro atoms. The number of rotatable bonds is 4. The second-order valence-corrected chi connectivity index (χ2v) is 6.80. The molecule has 1 fully saturated rings. The molecule has 1 amide bonds. The Kier molecular flexibility index (Phi) is 4.68. The van der Waals surface area contributed by atoms with E-state index in [2.05, 4.69) is 21.9 Å². The smallest absolute Gasteiger partial charge is 0.228 e. The van der Waals surface area contributed by atoms with E-state index in [1.165, 1.54) is 11.3 Å². The van der Waals surface area contributed by atoms with Gasteiger partial charge in [-0.25, -0.2) is 4.98 Å². The van der Waals surface area contributed by atoms with Gasteiger partial charge in [-0.15, -0.1) is 11.3 Å². The maximum absolute atomic E-state index is 12.4. The van der Waals surface area contributed by atoms with Crippen LogP contribution in [0.1, 0.15) is 25.5 Å². The highest BCUT2D eigenvalue weighted by Gasteiger charge is 2.31. The minimum atomic E-state index is -0.101. The molecule has 23 heavy (non-hydrogen) atoms. The first-order valence-corrected chi connectivity index (χ1v) is 8.51. The van der Waals surface area contributed by atoms with Crippen LogP contribution in [0.3, 0.4) is 0 Å². The van der Waals surface area contributed by atoms with Crippen molar-refractivity contribution in [2.24, 2.45) is 0 Å². The van der Waals surface area contributed by atoms with Crippen LogP contribution in [0.4, 0.5) is 0 Å². The Labute approximate surface area is 139 Å². The molecule has 0 unspecified atom stereocenters. The standard InChI is InChI=1S/C16H20N4O2S/c1-16(22-2)3-7-20(8-4-16)14(21)9-12-11-23-15(19-12)13-10-17-5-6-18-13/h5-6,10-11H,3-4,7-9H2,1-2H3. The zero-order valence-corrected chi connectivity index (χ0v) is 14.2. The second-order valence-electron chi connectivity index (χ2n) is 5.95. The average molecular weight is 332 g/mol. The Morgan fingerprint density at radius 1 is 1.39 bits per heavy atom. The number of methoxy groups -OCH3 is 1. The van der Waals surface area contributed by atoms with E-state index in [1.807, 2.05) is 10.3 Å². The molecule has 0 radical (unpaired) electrons. The van der Waals surface area contributed by atoms with Crippen molar-refractivity contribution in [1.29, 1.82) is 0 Å². The summed E-state index contributed by atoms with van der Waals surface area (Å²) in [5, 5.41) is 2.72. The molecule has 122 valence electrons. The maximum Gasteiger partial charge on any atom is 0.228 e. The molecule has 1 aliphatic heterocycles. The highest BCUT2D eigenvalue weighted by atomic mass is 32.1. The van der Waals surface area contributed by atoms with E-state index in [9.17, 15) is 4.79 Å². The molecule has 0 N–H and O–H groups in total. The summed E-state index contributed by atoms with van der Waals surface area (Å²) in [7, 11) is 1.74. The van der Waals surface area contributed by atoms with Crippen molar-refractivity contribution in [1.82, 2.24) is 19.9 Å². The highest BCUT2D eigenvalue weighted by Crippen LogP contribution is 2.26. The third-order valence-corrected chi connectivity index (χ3v) is 5.25. The van der Waals surface area contributed by atoms with Crippen molar-refractivity contribution >= 4 is 17.2 Å². The molecule has 3 rings (SSSR count). The van der Waals surface area contributed by atoms with Crippen molar-refractivity contribution in [3.63, 3.8) is 0 Å². The Balaban J connectivity index is 1.60. The molecule has 0 saturated carbocycles. The van der Waals surface area contributed by atoms with Crippen molar-refractivity contribution in [2.75, 3.05) is 20.2 Å². The SMILES string of the molecule is COC1(C)CCN(C(=O)Cc2csc(-c3cnccn3)n2)CC1. The topological polar surface area (TPSA) is 68.2 Å². The number of hydrogen-bond donors (Lipinski definition) is 0. The van der Waals surface area contributed by atoms with Gasteiger partial charge in [0.2, 0.25) is 5.91 Å². The van der Waals surface area contributed by atoms with Gasteiger partial charge >= 0.3 is 0 Å². The average Bonchev–Trinajstić information content (AvgIpc) is 3.05. The minimum Gasteiger partial charge on any atom is -0.378 e. The van der Waals surface area contributed by atoms with Gasteiger partial charge < -0.3 is 9.64 Å². The normalized spacial score (nSPS) is 17.2. The number of aromatic nitrogens is 3. The number of amides is 1. The first-order chi connectivity index (χ1) is 11.1. The van der Waals surface area contributed by atoms with Crippen LogP contribution in [0.15, 0.2) is 24.0 Å². The third kappa shape index (κ3) is 3.73. The van der Waals surface area contributed by atoms with Gasteiger partial charge in [0.1, 0.15) is 10.7 Å². The van der Waals surface area contributed by atoms with Crippen LogP contribution in [-0.2, 0) is 16.0 Å². The molecule has 0 aromatic carbocycles. The summed E-state index contributed by atoms with van der Waals surface area (Å²) in [6.45, 7) is 3.58. The lowest BCUT2D eigenvalue weighted by molar-refractivity contribution is -0.135. The molecule has 0 aliphatic carbocycles. The minimum absolute atomic E-state index is 0.101. The van der Waals surface area contributed by atoms with Gasteiger partial charge in [0, 0.05) is 38.0 Å². The number of carbonyl (C=O) groups is 1. The second kappa shape index (κ2) is 6.72. The van der Waals surface area contributed by atoms with E-state index >= 15 is 0 Å². The summed E-state index contributed by atoms with van der Waals surface area (Å²) >= 11 is 1.49. The number of likely N-dealkylation sites (tertiary alicyclic amines) is 1. The van der Waals surface area contributed by atoms with Crippen LogP contribution >= 0.6 is 11.3 Å². The van der Waals surface area contributed by atoms with Gasteiger partial charge in [0.15, 0.2) is 0 Å². The zero-order valence-electron chi connectivity index (χ0n) is 13.4. The van der Waals surface area contributed by atoms with Crippen LogP contribution in [0.25, 0.3) is 10.7 Å². The fourth-order valence-corrected chi connectivity index (χ4v) is 3.40. The molecule has 0 atom stereocenters. The largest absolute Gasteiger partial charge is 0.378 e. The summed E-state index contributed by atoms with van der Waals surface area (Å²) < 4.78 is 5.52. The molecule has 0 bridgehead atoms. The lowest BCUT2D eigenvalue weighted by Crippen LogP contribution is -2.46. The third-order valence-electron chi connectivity index (χ3n) is 4.33. The Morgan fingerprint density at radius 3 is 2.83 bits per heavy atom. The van der Waals surface area contributed by atoms with E-state index < -0.39 is 0 Å². The van der Waals surface area contributed by atoms with Gasteiger partial charge in [-0.05, 0) is 19.8 Å². The predicted octanol–water partition coefficient (Wildman–Crippen LogP) is 2.17. The van der Waals surface area contributed by atoms with Crippen LogP contribution in [0.5, 0.6) is 0 Å². The van der Waals surface area contributed by atoms with Gasteiger partial charge in [-0.2, -0.15) is 0 Å². The fraction of sp³-hybridized carbons (Fsp3) is 0.500. The quantitative estimate of drug-likeness (QED) is 0.858. The fourth-order valence-electron chi connectivity index (χ4n) is 2.62. The Morgan fingerprint density at radius 2 is 2.17 bits per heavy atom. The highest BCUT2D eigenvalue weighted by molar-refractivity contribution is 7.13. The van der Waals surface area contributed by atoms with E-state index in [4.69, 9.17) is 4.74 Å². The number of hydrogen-bond acceptors (Lipinski definition) is 6. The number of piperidine rings is 1. The molecule has 7 heteroatoms. The summed E-state index contributed by atoms with van der Waals surface area (Å²) in [6.07, 6.45) is 7.03. The lowest BCUT2D eigenvalue weighted by atomic mass is 9.93. The maximum atomic E-state index is 12.4. The summed E-state index contributed by atoms with van der Waals surface area (Å²) in [5.41, 5.74) is 1.43. The van der Waals surface area contributed by atoms with E-state index in [1.54, 1.807) is 25.7 Å². The number of ether oxygens (including phenoxy) is 1. The van der Waals surface area contributed by atoms with E-state index in [-0.39, 0.29) is 11.5 Å². The zero-order chi connectivity index (χ0) is 16.3. The first-order valence-electron chi connectivity index (χ1n) is 7.63.